The third-order valence-corrected chi connectivity index (χ3v) is 5.71. The predicted molar refractivity (Wildman–Crippen MR) is 121 cm³/mol. The number of hydrogen-bond donors (Lipinski definition) is 2. The van der Waals surface area contributed by atoms with Crippen molar-refractivity contribution in [3.05, 3.63) is 29.8 Å². The van der Waals surface area contributed by atoms with Gasteiger partial charge >= 0.3 is 0 Å². The van der Waals surface area contributed by atoms with E-state index < -0.39 is 6.10 Å². The molecule has 1 aromatic carbocycles. The lowest BCUT2D eigenvalue weighted by molar-refractivity contribution is 0.0561. The summed E-state index contributed by atoms with van der Waals surface area (Å²) in [6, 6.07) is 8.80. The number of benzene rings is 1. The van der Waals surface area contributed by atoms with Gasteiger partial charge in [0.2, 0.25) is 0 Å². The summed E-state index contributed by atoms with van der Waals surface area (Å²) in [7, 11) is 6.36. The van der Waals surface area contributed by atoms with Crippen LogP contribution in [0.4, 0.5) is 0 Å². The van der Waals surface area contributed by atoms with Crippen molar-refractivity contribution in [2.24, 2.45) is 5.41 Å². The van der Waals surface area contributed by atoms with Gasteiger partial charge in [0.1, 0.15) is 18.5 Å². The number of nitrogens with zero attached hydrogens (tertiary/aromatic N) is 2. The van der Waals surface area contributed by atoms with Crippen LogP contribution in [0.5, 0.6) is 5.75 Å². The van der Waals surface area contributed by atoms with E-state index in [4.69, 9.17) is 4.74 Å². The lowest BCUT2D eigenvalue weighted by Crippen LogP contribution is -2.40. The van der Waals surface area contributed by atoms with E-state index in [9.17, 15) is 5.11 Å². The van der Waals surface area contributed by atoms with Gasteiger partial charge in [0.15, 0.2) is 0 Å². The van der Waals surface area contributed by atoms with E-state index in [1.54, 1.807) is 0 Å². The van der Waals surface area contributed by atoms with Crippen molar-refractivity contribution in [3.63, 3.8) is 0 Å². The molecule has 1 saturated carbocycles. The molecule has 0 bridgehead atoms. The Labute approximate surface area is 178 Å². The van der Waals surface area contributed by atoms with Gasteiger partial charge in [-0.3, -0.25) is 0 Å². The first-order valence-corrected chi connectivity index (χ1v) is 11.2. The largest absolute Gasteiger partial charge is 0.491 e. The molecule has 5 nitrogen and oxygen atoms in total. The highest BCUT2D eigenvalue weighted by Crippen LogP contribution is 2.22. The van der Waals surface area contributed by atoms with E-state index in [2.05, 4.69) is 62.2 Å². The molecule has 0 aromatic heterocycles. The second-order valence-electron chi connectivity index (χ2n) is 9.85. The number of aliphatic hydroxyl groups is 1. The van der Waals surface area contributed by atoms with Crippen molar-refractivity contribution in [2.75, 3.05) is 47.4 Å². The van der Waals surface area contributed by atoms with Crippen LogP contribution in [-0.4, -0.2) is 74.4 Å². The van der Waals surface area contributed by atoms with Crippen molar-refractivity contribution in [1.82, 2.24) is 15.1 Å². The zero-order chi connectivity index (χ0) is 21.3. The minimum Gasteiger partial charge on any atom is -0.491 e. The van der Waals surface area contributed by atoms with Gasteiger partial charge in [0.05, 0.1) is 0 Å². The average Bonchev–Trinajstić information content (AvgIpc) is 2.66. The molecule has 0 amide bonds. The fourth-order valence-corrected chi connectivity index (χ4v) is 4.45. The summed E-state index contributed by atoms with van der Waals surface area (Å²) >= 11 is 0. The van der Waals surface area contributed by atoms with E-state index >= 15 is 0 Å². The first-order chi connectivity index (χ1) is 13.7. The van der Waals surface area contributed by atoms with E-state index in [0.717, 1.165) is 25.4 Å². The molecule has 0 spiro atoms. The second-order valence-corrected chi connectivity index (χ2v) is 9.85. The summed E-state index contributed by atoms with van der Waals surface area (Å²) in [4.78, 5) is 4.54. The standard InChI is InChI=1S/C24H43N3O2/c1-24(2,19-26(3)4)18-25-15-20-10-9-13-23(14-20)29-17-22(28)16-27(5)21-11-7-6-8-12-21/h9-10,13-14,21-22,25,28H,6-8,11-12,15-19H2,1-5H3/t22-/m0/s1. The maximum atomic E-state index is 10.4. The summed E-state index contributed by atoms with van der Waals surface area (Å²) in [5, 5.41) is 14.0. The Morgan fingerprint density at radius 2 is 1.90 bits per heavy atom. The van der Waals surface area contributed by atoms with E-state index in [1.165, 1.54) is 37.7 Å². The Morgan fingerprint density at radius 1 is 1.17 bits per heavy atom. The Kier molecular flexibility index (Phi) is 9.90. The number of ether oxygens (including phenoxy) is 1. The molecule has 29 heavy (non-hydrogen) atoms. The van der Waals surface area contributed by atoms with Crippen LogP contribution in [0.2, 0.25) is 0 Å². The Bertz CT molecular complexity index is 585. The monoisotopic (exact) mass is 405 g/mol. The molecule has 0 unspecified atom stereocenters. The van der Waals surface area contributed by atoms with E-state index in [0.29, 0.717) is 19.2 Å². The Balaban J connectivity index is 1.73. The van der Waals surface area contributed by atoms with Gasteiger partial charge in [-0.1, -0.05) is 45.2 Å². The molecule has 2 N–H and O–H groups in total. The third kappa shape index (κ3) is 9.47. The smallest absolute Gasteiger partial charge is 0.119 e. The number of likely N-dealkylation sites (N-methyl/N-ethyl adjacent to an activating group) is 1. The van der Waals surface area contributed by atoms with Gasteiger partial charge in [-0.2, -0.15) is 0 Å². The first-order valence-electron chi connectivity index (χ1n) is 11.2. The number of aliphatic hydroxyl groups excluding tert-OH is 1. The molecule has 0 aliphatic heterocycles. The normalized spacial score (nSPS) is 17.1. The molecule has 1 fully saturated rings. The lowest BCUT2D eigenvalue weighted by Gasteiger charge is -2.32. The molecule has 0 radical (unpaired) electrons. The van der Waals surface area contributed by atoms with E-state index in [-0.39, 0.29) is 5.41 Å². The predicted octanol–water partition coefficient (Wildman–Crippen LogP) is 3.37. The molecular formula is C24H43N3O2. The molecule has 0 saturated heterocycles. The first kappa shape index (κ1) is 24.1. The summed E-state index contributed by atoms with van der Waals surface area (Å²) < 4.78 is 5.89. The maximum absolute atomic E-state index is 10.4. The highest BCUT2D eigenvalue weighted by atomic mass is 16.5. The van der Waals surface area contributed by atoms with Crippen LogP contribution in [0.1, 0.15) is 51.5 Å². The van der Waals surface area contributed by atoms with Crippen LogP contribution in [0.25, 0.3) is 0 Å². The number of rotatable bonds is 12. The second kappa shape index (κ2) is 11.9. The Morgan fingerprint density at radius 3 is 2.59 bits per heavy atom. The van der Waals surface area contributed by atoms with Crippen molar-refractivity contribution in [1.29, 1.82) is 0 Å². The van der Waals surface area contributed by atoms with Crippen LogP contribution in [-0.2, 0) is 6.54 Å². The molecule has 5 heteroatoms. The highest BCUT2D eigenvalue weighted by Gasteiger charge is 2.20. The molecule has 1 atom stereocenters. The van der Waals surface area contributed by atoms with Crippen LogP contribution in [0.3, 0.4) is 0 Å². The average molecular weight is 406 g/mol. The van der Waals surface area contributed by atoms with Gasteiger partial charge in [-0.15, -0.1) is 0 Å². The lowest BCUT2D eigenvalue weighted by atomic mass is 9.93. The van der Waals surface area contributed by atoms with Gasteiger partial charge in [-0.05, 0) is 57.1 Å². The van der Waals surface area contributed by atoms with Crippen LogP contribution >= 0.6 is 0 Å². The quantitative estimate of drug-likeness (QED) is 0.558. The molecule has 1 aliphatic rings. The highest BCUT2D eigenvalue weighted by molar-refractivity contribution is 5.28. The summed E-state index contributed by atoms with van der Waals surface area (Å²) in [6.07, 6.45) is 6.03. The van der Waals surface area contributed by atoms with Crippen LogP contribution in [0, 0.1) is 5.41 Å². The van der Waals surface area contributed by atoms with Crippen molar-refractivity contribution >= 4 is 0 Å². The third-order valence-electron chi connectivity index (χ3n) is 5.71. The van der Waals surface area contributed by atoms with Crippen molar-refractivity contribution in [3.8, 4) is 5.75 Å². The maximum Gasteiger partial charge on any atom is 0.119 e. The van der Waals surface area contributed by atoms with Crippen molar-refractivity contribution in [2.45, 2.75) is 64.6 Å². The summed E-state index contributed by atoms with van der Waals surface area (Å²) in [6.45, 7) is 8.41. The SMILES string of the molecule is CN(C)CC(C)(C)CNCc1cccc(OC[C@@H](O)CN(C)C2CCCCC2)c1. The van der Waals surface area contributed by atoms with Crippen LogP contribution < -0.4 is 10.1 Å². The fourth-order valence-electron chi connectivity index (χ4n) is 4.45. The van der Waals surface area contributed by atoms with E-state index in [1.807, 2.05) is 12.1 Å². The van der Waals surface area contributed by atoms with Crippen molar-refractivity contribution < 1.29 is 9.84 Å². The minimum absolute atomic E-state index is 0.228. The molecule has 1 aliphatic carbocycles. The minimum atomic E-state index is -0.462. The van der Waals surface area contributed by atoms with Gasteiger partial charge in [-0.25, -0.2) is 0 Å². The fraction of sp³-hybridized carbons (Fsp3) is 0.750. The molecule has 0 heterocycles. The van der Waals surface area contributed by atoms with Gasteiger partial charge in [0, 0.05) is 32.2 Å². The Hall–Kier alpha value is -1.14. The van der Waals surface area contributed by atoms with Gasteiger partial charge in [0.25, 0.3) is 0 Å². The summed E-state index contributed by atoms with van der Waals surface area (Å²) in [5.41, 5.74) is 1.43. The molecular weight excluding hydrogens is 362 g/mol. The number of hydrogen-bond acceptors (Lipinski definition) is 5. The zero-order valence-corrected chi connectivity index (χ0v) is 19.3. The zero-order valence-electron chi connectivity index (χ0n) is 19.3. The molecule has 2 rings (SSSR count). The summed E-state index contributed by atoms with van der Waals surface area (Å²) in [5.74, 6) is 0.830. The molecule has 1 aromatic rings. The topological polar surface area (TPSA) is 48.0 Å². The van der Waals surface area contributed by atoms with Gasteiger partial charge < -0.3 is 25.0 Å². The van der Waals surface area contributed by atoms with Crippen LogP contribution in [0.15, 0.2) is 24.3 Å². The number of nitrogens with one attached hydrogen (secondary N) is 1. The molecule has 166 valence electrons.